The number of nitrogen functional groups attached to an aromatic ring is 1. The molecule has 22 heavy (non-hydrogen) atoms. The van der Waals surface area contributed by atoms with Crippen molar-refractivity contribution in [2.45, 2.75) is 26.1 Å². The predicted molar refractivity (Wildman–Crippen MR) is 80.2 cm³/mol. The molecule has 114 valence electrons. The van der Waals surface area contributed by atoms with Crippen LogP contribution in [0.1, 0.15) is 18.3 Å². The van der Waals surface area contributed by atoms with Crippen molar-refractivity contribution in [3.05, 3.63) is 52.1 Å². The first-order chi connectivity index (χ1) is 10.6. The molecule has 1 atom stereocenters. The Bertz CT molecular complexity index is 826. The first kappa shape index (κ1) is 14.2. The minimum Gasteiger partial charge on any atom is -0.373 e. The van der Waals surface area contributed by atoms with Crippen LogP contribution in [-0.2, 0) is 17.8 Å². The van der Waals surface area contributed by atoms with Crippen molar-refractivity contribution < 1.29 is 4.74 Å². The monoisotopic (exact) mass is 300 g/mol. The number of ether oxygens (including phenoxy) is 1. The number of nitrogens with two attached hydrogens (primary N) is 1. The highest BCUT2D eigenvalue weighted by Gasteiger charge is 2.14. The maximum atomic E-state index is 11.7. The van der Waals surface area contributed by atoms with E-state index in [0.717, 1.165) is 5.56 Å². The lowest BCUT2D eigenvalue weighted by molar-refractivity contribution is 0.0519. The molecule has 0 bridgehead atoms. The molecule has 2 aromatic heterocycles. The van der Waals surface area contributed by atoms with Crippen LogP contribution in [-0.4, -0.2) is 30.9 Å². The van der Waals surface area contributed by atoms with E-state index in [4.69, 9.17) is 10.5 Å². The quantitative estimate of drug-likeness (QED) is 0.711. The first-order valence-corrected chi connectivity index (χ1v) is 6.89. The highest BCUT2D eigenvalue weighted by molar-refractivity contribution is 5.35. The molecule has 8 nitrogen and oxygen atoms in total. The second-order valence-corrected chi connectivity index (χ2v) is 5.00. The molecule has 0 unspecified atom stereocenters. The van der Waals surface area contributed by atoms with E-state index in [0.29, 0.717) is 18.9 Å². The second kappa shape index (κ2) is 5.94. The number of benzene rings is 1. The number of rotatable bonds is 5. The van der Waals surface area contributed by atoms with E-state index in [-0.39, 0.29) is 17.7 Å². The molecule has 3 aromatic rings. The van der Waals surface area contributed by atoms with Gasteiger partial charge in [-0.3, -0.25) is 9.78 Å². The number of aromatic amines is 1. The third-order valence-electron chi connectivity index (χ3n) is 3.21. The molecular weight excluding hydrogens is 284 g/mol. The number of anilines is 1. The average molecular weight is 300 g/mol. The van der Waals surface area contributed by atoms with Crippen molar-refractivity contribution in [2.75, 3.05) is 5.73 Å². The van der Waals surface area contributed by atoms with Gasteiger partial charge in [0.05, 0.1) is 12.7 Å². The first-order valence-electron chi connectivity index (χ1n) is 6.89. The Morgan fingerprint density at radius 3 is 2.86 bits per heavy atom. The summed E-state index contributed by atoms with van der Waals surface area (Å²) < 4.78 is 7.14. The van der Waals surface area contributed by atoms with Gasteiger partial charge in [0.15, 0.2) is 5.82 Å². The summed E-state index contributed by atoms with van der Waals surface area (Å²) in [6.07, 6.45) is 0.374. The van der Waals surface area contributed by atoms with Crippen molar-refractivity contribution in [2.24, 2.45) is 0 Å². The van der Waals surface area contributed by atoms with Gasteiger partial charge in [-0.2, -0.15) is 4.52 Å². The van der Waals surface area contributed by atoms with Crippen LogP contribution >= 0.6 is 0 Å². The minimum atomic E-state index is -0.413. The Balaban J connectivity index is 1.71. The van der Waals surface area contributed by atoms with Crippen molar-refractivity contribution in [1.82, 2.24) is 24.8 Å². The van der Waals surface area contributed by atoms with Gasteiger partial charge in [0, 0.05) is 6.42 Å². The van der Waals surface area contributed by atoms with Crippen LogP contribution in [0.5, 0.6) is 0 Å². The summed E-state index contributed by atoms with van der Waals surface area (Å²) in [5, 5.41) is 11.8. The zero-order valence-electron chi connectivity index (χ0n) is 12.1. The summed E-state index contributed by atoms with van der Waals surface area (Å²) in [6.45, 7) is 2.44. The molecule has 0 aliphatic rings. The van der Waals surface area contributed by atoms with Crippen molar-refractivity contribution in [1.29, 1.82) is 0 Å². The molecule has 0 spiro atoms. The number of hydrogen-bond donors (Lipinski definition) is 2. The highest BCUT2D eigenvalue weighted by atomic mass is 16.5. The number of aromatic nitrogens is 5. The van der Waals surface area contributed by atoms with Gasteiger partial charge in [-0.25, -0.2) is 0 Å². The van der Waals surface area contributed by atoms with Gasteiger partial charge >= 0.3 is 0 Å². The zero-order valence-corrected chi connectivity index (χ0v) is 12.1. The largest absolute Gasteiger partial charge is 0.373 e. The number of nitrogens with zero attached hydrogens (tertiary/aromatic N) is 4. The normalized spacial score (nSPS) is 12.6. The molecule has 8 heteroatoms. The fraction of sp³-hybridized carbons (Fsp3) is 0.286. The molecule has 0 aliphatic carbocycles. The third-order valence-corrected chi connectivity index (χ3v) is 3.21. The number of fused-ring (bicyclic) bond motifs is 1. The summed E-state index contributed by atoms with van der Waals surface area (Å²) in [4.78, 5) is 14.1. The molecule has 2 heterocycles. The smallest absolute Gasteiger partial charge is 0.297 e. The van der Waals surface area contributed by atoms with Gasteiger partial charge in [-0.15, -0.1) is 15.3 Å². The highest BCUT2D eigenvalue weighted by Crippen LogP contribution is 2.08. The van der Waals surface area contributed by atoms with Gasteiger partial charge in [0.1, 0.15) is 0 Å². The average Bonchev–Trinajstić information content (AvgIpc) is 2.89. The van der Waals surface area contributed by atoms with Crippen LogP contribution in [0, 0.1) is 0 Å². The van der Waals surface area contributed by atoms with Crippen molar-refractivity contribution >= 4 is 11.6 Å². The number of hydrogen-bond acceptors (Lipinski definition) is 6. The summed E-state index contributed by atoms with van der Waals surface area (Å²) >= 11 is 0. The van der Waals surface area contributed by atoms with E-state index in [9.17, 15) is 4.79 Å². The van der Waals surface area contributed by atoms with E-state index in [2.05, 4.69) is 20.3 Å². The maximum Gasteiger partial charge on any atom is 0.297 e. The predicted octanol–water partition coefficient (Wildman–Crippen LogP) is 0.543. The second-order valence-electron chi connectivity index (χ2n) is 5.00. The van der Waals surface area contributed by atoms with Crippen molar-refractivity contribution in [3.8, 4) is 0 Å². The fourth-order valence-electron chi connectivity index (χ4n) is 2.12. The van der Waals surface area contributed by atoms with Crippen molar-refractivity contribution in [3.63, 3.8) is 0 Å². The van der Waals surface area contributed by atoms with Crippen LogP contribution in [0.25, 0.3) is 5.65 Å². The van der Waals surface area contributed by atoms with Gasteiger partial charge in [-0.05, 0) is 12.5 Å². The Kier molecular flexibility index (Phi) is 3.84. The van der Waals surface area contributed by atoms with Crippen LogP contribution in [0.2, 0.25) is 0 Å². The van der Waals surface area contributed by atoms with E-state index in [1.807, 2.05) is 37.3 Å². The standard InChI is InChI=1S/C14H16N6O2/c1-9(22-8-10-5-3-2-4-6-10)7-11-17-18-12-13(21)16-14(15)19-20(11)12/h2-6,9H,7-8H2,1H3,(H3,15,16,19,21)/t9-/m1/s1. The molecule has 0 saturated heterocycles. The van der Waals surface area contributed by atoms with Gasteiger partial charge in [0.25, 0.3) is 5.56 Å². The molecule has 0 aliphatic heterocycles. The van der Waals surface area contributed by atoms with E-state index < -0.39 is 5.56 Å². The molecule has 3 rings (SSSR count). The van der Waals surface area contributed by atoms with Crippen LogP contribution in [0.15, 0.2) is 35.1 Å². The summed E-state index contributed by atoms with van der Waals surface area (Å²) in [7, 11) is 0. The summed E-state index contributed by atoms with van der Waals surface area (Å²) in [5.74, 6) is 0.560. The Hall–Kier alpha value is -2.74. The molecule has 1 aromatic carbocycles. The topological polar surface area (TPSA) is 111 Å². The maximum absolute atomic E-state index is 11.7. The molecule has 0 fully saturated rings. The molecule has 0 saturated carbocycles. The van der Waals surface area contributed by atoms with Crippen LogP contribution in [0.4, 0.5) is 5.95 Å². The molecular formula is C14H16N6O2. The van der Waals surface area contributed by atoms with Gasteiger partial charge < -0.3 is 10.5 Å². The third kappa shape index (κ3) is 2.96. The lowest BCUT2D eigenvalue weighted by Gasteiger charge is -2.11. The number of nitrogens with one attached hydrogen (secondary N) is 1. The summed E-state index contributed by atoms with van der Waals surface area (Å²) in [6, 6.07) is 9.90. The Morgan fingerprint density at radius 2 is 2.09 bits per heavy atom. The van der Waals surface area contributed by atoms with E-state index in [1.165, 1.54) is 4.52 Å². The van der Waals surface area contributed by atoms with Crippen LogP contribution < -0.4 is 11.3 Å². The fourth-order valence-corrected chi connectivity index (χ4v) is 2.12. The zero-order chi connectivity index (χ0) is 15.5. The molecule has 0 radical (unpaired) electrons. The number of H-pyrrole nitrogens is 1. The molecule has 0 amide bonds. The van der Waals surface area contributed by atoms with E-state index in [1.54, 1.807) is 0 Å². The Morgan fingerprint density at radius 1 is 1.32 bits per heavy atom. The van der Waals surface area contributed by atoms with E-state index >= 15 is 0 Å². The van der Waals surface area contributed by atoms with Gasteiger partial charge in [-0.1, -0.05) is 30.3 Å². The lowest BCUT2D eigenvalue weighted by Crippen LogP contribution is -2.19. The minimum absolute atomic E-state index is 0.0245. The van der Waals surface area contributed by atoms with Crippen LogP contribution in [0.3, 0.4) is 0 Å². The SMILES string of the molecule is C[C@H](Cc1nnc2c(=O)[nH]c(N)nn12)OCc1ccccc1. The summed E-state index contributed by atoms with van der Waals surface area (Å²) in [5.41, 5.74) is 6.35. The van der Waals surface area contributed by atoms with Gasteiger partial charge in [0.2, 0.25) is 11.6 Å². The molecule has 3 N–H and O–H groups in total. The lowest BCUT2D eigenvalue weighted by atomic mass is 10.2. The Labute approximate surface area is 125 Å².